The minimum Gasteiger partial charge on any atom is -0.398 e. The Morgan fingerprint density at radius 1 is 1.47 bits per heavy atom. The van der Waals surface area contributed by atoms with Gasteiger partial charge in [0.15, 0.2) is 0 Å². The molecule has 2 aromatic rings. The number of aromatic nitrogens is 2. The van der Waals surface area contributed by atoms with Gasteiger partial charge >= 0.3 is 0 Å². The second-order valence-electron chi connectivity index (χ2n) is 3.29. The van der Waals surface area contributed by atoms with E-state index in [1.807, 2.05) is 17.6 Å². The number of nitrogens with two attached hydrogens (primary N) is 1. The molecule has 4 nitrogen and oxygen atoms in total. The van der Waals surface area contributed by atoms with E-state index in [1.165, 1.54) is 0 Å². The third-order valence-electron chi connectivity index (χ3n) is 2.26. The second-order valence-corrected chi connectivity index (χ2v) is 3.29. The Morgan fingerprint density at radius 3 is 2.87 bits per heavy atom. The molecule has 4 heteroatoms. The maximum Gasteiger partial charge on any atom is 0.101 e. The fourth-order valence-electron chi connectivity index (χ4n) is 1.42. The maximum absolute atomic E-state index is 8.85. The lowest BCUT2D eigenvalue weighted by molar-refractivity contribution is 1.00. The van der Waals surface area contributed by atoms with E-state index in [-0.39, 0.29) is 0 Å². The topological polar surface area (TPSA) is 67.6 Å². The van der Waals surface area contributed by atoms with Crippen molar-refractivity contribution in [1.82, 2.24) is 9.55 Å². The summed E-state index contributed by atoms with van der Waals surface area (Å²) < 4.78 is 1.90. The van der Waals surface area contributed by atoms with E-state index in [9.17, 15) is 0 Å². The maximum atomic E-state index is 8.85. The molecule has 0 aliphatic heterocycles. The molecule has 0 aliphatic carbocycles. The zero-order chi connectivity index (χ0) is 10.8. The number of benzene rings is 1. The number of nitrogens with zero attached hydrogens (tertiary/aromatic N) is 3. The minimum atomic E-state index is 0.487. The van der Waals surface area contributed by atoms with Crippen LogP contribution in [0.1, 0.15) is 11.3 Å². The zero-order valence-corrected chi connectivity index (χ0v) is 8.31. The van der Waals surface area contributed by atoms with Crippen molar-refractivity contribution in [3.8, 4) is 11.8 Å². The molecule has 0 spiro atoms. The second kappa shape index (κ2) is 3.46. The van der Waals surface area contributed by atoms with Crippen LogP contribution in [0.3, 0.4) is 0 Å². The SMILES string of the molecule is Cc1cncn1-c1ccc(N)c(C#N)c1. The van der Waals surface area contributed by atoms with Crippen LogP contribution in [-0.4, -0.2) is 9.55 Å². The third kappa shape index (κ3) is 1.55. The van der Waals surface area contributed by atoms with Gasteiger partial charge in [0.25, 0.3) is 0 Å². The first-order valence-electron chi connectivity index (χ1n) is 4.51. The molecule has 1 heterocycles. The first-order valence-corrected chi connectivity index (χ1v) is 4.51. The molecular formula is C11H10N4. The van der Waals surface area contributed by atoms with E-state index < -0.39 is 0 Å². The van der Waals surface area contributed by atoms with Crippen LogP contribution in [-0.2, 0) is 0 Å². The van der Waals surface area contributed by atoms with Crippen LogP contribution >= 0.6 is 0 Å². The normalized spacial score (nSPS) is 9.87. The quantitative estimate of drug-likeness (QED) is 0.708. The van der Waals surface area contributed by atoms with Crippen molar-refractivity contribution < 1.29 is 0 Å². The van der Waals surface area contributed by atoms with Crippen LogP contribution in [0.15, 0.2) is 30.7 Å². The number of imidazole rings is 1. The van der Waals surface area contributed by atoms with E-state index in [0.717, 1.165) is 11.4 Å². The van der Waals surface area contributed by atoms with Crippen molar-refractivity contribution in [3.05, 3.63) is 42.0 Å². The number of hydrogen-bond donors (Lipinski definition) is 1. The highest BCUT2D eigenvalue weighted by atomic mass is 15.0. The Labute approximate surface area is 87.6 Å². The molecule has 2 N–H and O–H groups in total. The Morgan fingerprint density at radius 2 is 2.27 bits per heavy atom. The first kappa shape index (κ1) is 9.28. The van der Waals surface area contributed by atoms with Gasteiger partial charge in [0, 0.05) is 23.3 Å². The summed E-state index contributed by atoms with van der Waals surface area (Å²) in [7, 11) is 0. The predicted octanol–water partition coefficient (Wildman–Crippen LogP) is 1.63. The highest BCUT2D eigenvalue weighted by Gasteiger charge is 2.03. The fraction of sp³-hybridized carbons (Fsp3) is 0.0909. The molecule has 0 bridgehead atoms. The molecular weight excluding hydrogens is 188 g/mol. The number of nitriles is 1. The van der Waals surface area contributed by atoms with Gasteiger partial charge in [0.05, 0.1) is 11.9 Å². The Balaban J connectivity index is 2.57. The van der Waals surface area contributed by atoms with E-state index >= 15 is 0 Å². The summed E-state index contributed by atoms with van der Waals surface area (Å²) in [6.07, 6.45) is 3.48. The highest BCUT2D eigenvalue weighted by molar-refractivity contribution is 5.58. The lowest BCUT2D eigenvalue weighted by Crippen LogP contribution is -1.97. The van der Waals surface area contributed by atoms with Gasteiger partial charge in [-0.05, 0) is 25.1 Å². The monoisotopic (exact) mass is 198 g/mol. The van der Waals surface area contributed by atoms with Crippen molar-refractivity contribution in [2.45, 2.75) is 6.92 Å². The molecule has 0 saturated heterocycles. The molecule has 0 unspecified atom stereocenters. The largest absolute Gasteiger partial charge is 0.398 e. The summed E-state index contributed by atoms with van der Waals surface area (Å²) in [4.78, 5) is 4.02. The minimum absolute atomic E-state index is 0.487. The predicted molar refractivity (Wildman–Crippen MR) is 57.4 cm³/mol. The molecule has 0 aliphatic rings. The van der Waals surface area contributed by atoms with E-state index in [0.29, 0.717) is 11.3 Å². The summed E-state index contributed by atoms with van der Waals surface area (Å²) in [6.45, 7) is 1.95. The molecule has 0 fully saturated rings. The van der Waals surface area contributed by atoms with Crippen LogP contribution in [0.5, 0.6) is 0 Å². The van der Waals surface area contributed by atoms with Gasteiger partial charge in [-0.2, -0.15) is 5.26 Å². The van der Waals surface area contributed by atoms with Crippen LogP contribution in [0.4, 0.5) is 5.69 Å². The van der Waals surface area contributed by atoms with Crippen molar-refractivity contribution in [1.29, 1.82) is 5.26 Å². The van der Waals surface area contributed by atoms with E-state index in [2.05, 4.69) is 11.1 Å². The zero-order valence-electron chi connectivity index (χ0n) is 8.31. The van der Waals surface area contributed by atoms with Gasteiger partial charge in [-0.15, -0.1) is 0 Å². The molecule has 0 atom stereocenters. The lowest BCUT2D eigenvalue weighted by Gasteiger charge is -2.06. The van der Waals surface area contributed by atoms with Gasteiger partial charge in [-0.25, -0.2) is 4.98 Å². The molecule has 15 heavy (non-hydrogen) atoms. The van der Waals surface area contributed by atoms with Crippen LogP contribution in [0.25, 0.3) is 5.69 Å². The summed E-state index contributed by atoms with van der Waals surface area (Å²) in [6, 6.07) is 7.41. The molecule has 2 rings (SSSR count). The van der Waals surface area contributed by atoms with Crippen molar-refractivity contribution in [2.75, 3.05) is 5.73 Å². The average Bonchev–Trinajstić information content (AvgIpc) is 2.65. The number of hydrogen-bond acceptors (Lipinski definition) is 3. The van der Waals surface area contributed by atoms with Crippen LogP contribution in [0, 0.1) is 18.3 Å². The van der Waals surface area contributed by atoms with E-state index in [4.69, 9.17) is 11.0 Å². The smallest absolute Gasteiger partial charge is 0.101 e. The molecule has 1 aromatic carbocycles. The standard InChI is InChI=1S/C11H10N4/c1-8-6-14-7-15(8)10-2-3-11(13)9(4-10)5-12/h2-4,6-7H,13H2,1H3. The summed E-state index contributed by atoms with van der Waals surface area (Å²) in [5.74, 6) is 0. The summed E-state index contributed by atoms with van der Waals surface area (Å²) >= 11 is 0. The first-order chi connectivity index (χ1) is 7.22. The average molecular weight is 198 g/mol. The molecule has 1 aromatic heterocycles. The summed E-state index contributed by atoms with van der Waals surface area (Å²) in [5.41, 5.74) is 8.55. The lowest BCUT2D eigenvalue weighted by atomic mass is 10.2. The number of anilines is 1. The Kier molecular flexibility index (Phi) is 2.14. The van der Waals surface area contributed by atoms with Gasteiger partial charge in [0.2, 0.25) is 0 Å². The number of nitrogen functional groups attached to an aromatic ring is 1. The van der Waals surface area contributed by atoms with Gasteiger partial charge in [-0.1, -0.05) is 0 Å². The van der Waals surface area contributed by atoms with Crippen LogP contribution in [0.2, 0.25) is 0 Å². The third-order valence-corrected chi connectivity index (χ3v) is 2.26. The fourth-order valence-corrected chi connectivity index (χ4v) is 1.42. The van der Waals surface area contributed by atoms with Gasteiger partial charge < -0.3 is 10.3 Å². The number of rotatable bonds is 1. The van der Waals surface area contributed by atoms with Gasteiger partial charge in [0.1, 0.15) is 6.07 Å². The van der Waals surface area contributed by atoms with Crippen molar-refractivity contribution in [3.63, 3.8) is 0 Å². The van der Waals surface area contributed by atoms with Gasteiger partial charge in [-0.3, -0.25) is 0 Å². The molecule has 0 saturated carbocycles. The van der Waals surface area contributed by atoms with E-state index in [1.54, 1.807) is 24.7 Å². The highest BCUT2D eigenvalue weighted by Crippen LogP contribution is 2.17. The van der Waals surface area contributed by atoms with Crippen LogP contribution < -0.4 is 5.73 Å². The number of aryl methyl sites for hydroxylation is 1. The Bertz CT molecular complexity index is 534. The van der Waals surface area contributed by atoms with Crippen molar-refractivity contribution >= 4 is 5.69 Å². The molecule has 0 amide bonds. The van der Waals surface area contributed by atoms with Crippen molar-refractivity contribution in [2.24, 2.45) is 0 Å². The molecule has 0 radical (unpaired) electrons. The molecule has 74 valence electrons. The Hall–Kier alpha value is -2.28. The summed E-state index contributed by atoms with van der Waals surface area (Å²) in [5, 5.41) is 8.85.